The van der Waals surface area contributed by atoms with Crippen molar-refractivity contribution in [3.8, 4) is 34.2 Å². The third-order valence-electron chi connectivity index (χ3n) is 4.57. The number of hydrogen-bond donors (Lipinski definition) is 0. The molecule has 152 valence electrons. The van der Waals surface area contributed by atoms with Gasteiger partial charge in [0.15, 0.2) is 11.5 Å². The van der Waals surface area contributed by atoms with Gasteiger partial charge in [-0.3, -0.25) is 0 Å². The molecule has 0 radical (unpaired) electrons. The van der Waals surface area contributed by atoms with Crippen LogP contribution >= 0.6 is 11.8 Å². The van der Waals surface area contributed by atoms with Crippen LogP contribution in [0.25, 0.3) is 16.9 Å². The van der Waals surface area contributed by atoms with E-state index in [1.807, 2.05) is 66.9 Å². The Morgan fingerprint density at radius 3 is 2.33 bits per heavy atom. The second kappa shape index (κ2) is 8.92. The molecule has 0 unspecified atom stereocenters. The number of rotatable bonds is 7. The third-order valence-corrected chi connectivity index (χ3v) is 5.66. The number of benzene rings is 3. The molecule has 30 heavy (non-hydrogen) atoms. The van der Waals surface area contributed by atoms with Crippen LogP contribution in [0, 0.1) is 0 Å². The van der Waals surface area contributed by atoms with Gasteiger partial charge < -0.3 is 14.2 Å². The quantitative estimate of drug-likeness (QED) is 0.415. The number of ether oxygens (including phenoxy) is 3. The zero-order valence-corrected chi connectivity index (χ0v) is 17.7. The Labute approximate surface area is 179 Å². The molecule has 7 heteroatoms. The van der Waals surface area contributed by atoms with E-state index in [1.165, 1.54) is 0 Å². The summed E-state index contributed by atoms with van der Waals surface area (Å²) in [6.45, 7) is 0. The summed E-state index contributed by atoms with van der Waals surface area (Å²) in [6.07, 6.45) is 1.89. The van der Waals surface area contributed by atoms with E-state index in [0.29, 0.717) is 11.5 Å². The average Bonchev–Trinajstić information content (AvgIpc) is 3.29. The van der Waals surface area contributed by atoms with Gasteiger partial charge in [-0.05, 0) is 42.5 Å². The molecule has 0 aliphatic rings. The van der Waals surface area contributed by atoms with Crippen LogP contribution in [0.15, 0.2) is 82.7 Å². The molecule has 0 aliphatic heterocycles. The topological polar surface area (TPSA) is 58.4 Å². The van der Waals surface area contributed by atoms with Gasteiger partial charge in [-0.15, -0.1) is 5.10 Å². The SMILES string of the molecule is COc1ccc(Sc2ccccc2-c2cn(-c3cccc(OC)c3OC)nn2)cc1. The van der Waals surface area contributed by atoms with Gasteiger partial charge in [0.1, 0.15) is 17.1 Å². The van der Waals surface area contributed by atoms with Gasteiger partial charge in [0.05, 0.1) is 27.5 Å². The molecule has 6 nitrogen and oxygen atoms in total. The first-order valence-corrected chi connectivity index (χ1v) is 10.1. The molecule has 1 aromatic heterocycles. The predicted molar refractivity (Wildman–Crippen MR) is 117 cm³/mol. The monoisotopic (exact) mass is 419 g/mol. The molecule has 0 amide bonds. The van der Waals surface area contributed by atoms with E-state index >= 15 is 0 Å². The highest BCUT2D eigenvalue weighted by atomic mass is 32.2. The Balaban J connectivity index is 1.68. The van der Waals surface area contributed by atoms with Gasteiger partial charge in [-0.1, -0.05) is 41.2 Å². The second-order valence-electron chi connectivity index (χ2n) is 6.33. The second-order valence-corrected chi connectivity index (χ2v) is 7.45. The summed E-state index contributed by atoms with van der Waals surface area (Å²) >= 11 is 1.67. The molecule has 0 saturated heterocycles. The van der Waals surface area contributed by atoms with Crippen molar-refractivity contribution in [1.29, 1.82) is 0 Å². The van der Waals surface area contributed by atoms with Crippen LogP contribution in [0.1, 0.15) is 0 Å². The fraction of sp³-hybridized carbons (Fsp3) is 0.130. The maximum absolute atomic E-state index is 5.53. The fourth-order valence-electron chi connectivity index (χ4n) is 3.09. The Hall–Kier alpha value is -3.45. The molecule has 0 atom stereocenters. The summed E-state index contributed by atoms with van der Waals surface area (Å²) < 4.78 is 17.9. The number of para-hydroxylation sites is 1. The smallest absolute Gasteiger partial charge is 0.186 e. The minimum atomic E-state index is 0.609. The molecule has 1 heterocycles. The standard InChI is InChI=1S/C23H21N3O3S/c1-27-16-11-13-17(14-12-16)30-22-10-5-4-7-18(22)19-15-26(25-24-19)20-8-6-9-21(28-2)23(20)29-3/h4-15H,1-3H3. The van der Waals surface area contributed by atoms with Crippen molar-refractivity contribution in [3.63, 3.8) is 0 Å². The Morgan fingerprint density at radius 1 is 0.800 bits per heavy atom. The lowest BCUT2D eigenvalue weighted by Crippen LogP contribution is -2.00. The van der Waals surface area contributed by atoms with Gasteiger partial charge in [0, 0.05) is 15.4 Å². The van der Waals surface area contributed by atoms with E-state index in [0.717, 1.165) is 32.5 Å². The lowest BCUT2D eigenvalue weighted by atomic mass is 10.2. The molecule has 0 aliphatic carbocycles. The molecular formula is C23H21N3O3S. The molecule has 4 aromatic rings. The molecular weight excluding hydrogens is 398 g/mol. The highest BCUT2D eigenvalue weighted by Crippen LogP contribution is 2.37. The van der Waals surface area contributed by atoms with Gasteiger partial charge in [-0.25, -0.2) is 4.68 Å². The van der Waals surface area contributed by atoms with Crippen molar-refractivity contribution in [1.82, 2.24) is 15.0 Å². The minimum absolute atomic E-state index is 0.609. The van der Waals surface area contributed by atoms with Crippen molar-refractivity contribution in [3.05, 3.63) is 72.9 Å². The first-order chi connectivity index (χ1) is 14.7. The molecule has 0 bridgehead atoms. The van der Waals surface area contributed by atoms with Gasteiger partial charge >= 0.3 is 0 Å². The van der Waals surface area contributed by atoms with Gasteiger partial charge in [-0.2, -0.15) is 0 Å². The lowest BCUT2D eigenvalue weighted by molar-refractivity contribution is 0.353. The maximum atomic E-state index is 5.53. The third kappa shape index (κ3) is 3.97. The summed E-state index contributed by atoms with van der Waals surface area (Å²) in [5.74, 6) is 2.09. The van der Waals surface area contributed by atoms with Crippen LogP contribution in [0.4, 0.5) is 0 Å². The molecule has 3 aromatic carbocycles. The number of aromatic nitrogens is 3. The van der Waals surface area contributed by atoms with Crippen molar-refractivity contribution in [2.24, 2.45) is 0 Å². The summed E-state index contributed by atoms with van der Waals surface area (Å²) in [4.78, 5) is 2.21. The van der Waals surface area contributed by atoms with E-state index in [9.17, 15) is 0 Å². The molecule has 0 fully saturated rings. The van der Waals surface area contributed by atoms with Crippen LogP contribution in [-0.2, 0) is 0 Å². The van der Waals surface area contributed by atoms with E-state index in [-0.39, 0.29) is 0 Å². The zero-order valence-electron chi connectivity index (χ0n) is 16.9. The Morgan fingerprint density at radius 2 is 1.60 bits per heavy atom. The van der Waals surface area contributed by atoms with Crippen molar-refractivity contribution in [2.45, 2.75) is 9.79 Å². The first kappa shape index (κ1) is 19.8. The van der Waals surface area contributed by atoms with Crippen LogP contribution < -0.4 is 14.2 Å². The minimum Gasteiger partial charge on any atom is -0.497 e. The first-order valence-electron chi connectivity index (χ1n) is 9.28. The van der Waals surface area contributed by atoms with Crippen molar-refractivity contribution in [2.75, 3.05) is 21.3 Å². The van der Waals surface area contributed by atoms with Crippen molar-refractivity contribution >= 4 is 11.8 Å². The Kier molecular flexibility index (Phi) is 5.90. The number of hydrogen-bond acceptors (Lipinski definition) is 6. The van der Waals surface area contributed by atoms with Gasteiger partial charge in [0.2, 0.25) is 0 Å². The highest BCUT2D eigenvalue weighted by molar-refractivity contribution is 7.99. The molecule has 0 spiro atoms. The van der Waals surface area contributed by atoms with E-state index in [2.05, 4.69) is 16.4 Å². The predicted octanol–water partition coefficient (Wildman–Crippen LogP) is 5.11. The largest absolute Gasteiger partial charge is 0.497 e. The maximum Gasteiger partial charge on any atom is 0.186 e. The van der Waals surface area contributed by atoms with E-state index in [4.69, 9.17) is 14.2 Å². The highest BCUT2D eigenvalue weighted by Gasteiger charge is 2.15. The fourth-order valence-corrected chi connectivity index (χ4v) is 4.05. The molecule has 4 rings (SSSR count). The summed E-state index contributed by atoms with van der Waals surface area (Å²) in [6, 6.07) is 21.8. The van der Waals surface area contributed by atoms with E-state index in [1.54, 1.807) is 37.8 Å². The number of nitrogens with zero attached hydrogens (tertiary/aromatic N) is 3. The van der Waals surface area contributed by atoms with Crippen molar-refractivity contribution < 1.29 is 14.2 Å². The summed E-state index contributed by atoms with van der Waals surface area (Å²) in [5, 5.41) is 8.73. The van der Waals surface area contributed by atoms with Gasteiger partial charge in [0.25, 0.3) is 0 Å². The van der Waals surface area contributed by atoms with Crippen LogP contribution in [-0.4, -0.2) is 36.3 Å². The Bertz CT molecular complexity index is 1140. The van der Waals surface area contributed by atoms with E-state index < -0.39 is 0 Å². The average molecular weight is 420 g/mol. The summed E-state index contributed by atoms with van der Waals surface area (Å²) in [7, 11) is 4.89. The lowest BCUT2D eigenvalue weighted by Gasteiger charge is -2.11. The van der Waals surface area contributed by atoms with Crippen LogP contribution in [0.3, 0.4) is 0 Å². The summed E-state index contributed by atoms with van der Waals surface area (Å²) in [5.41, 5.74) is 2.54. The van der Waals surface area contributed by atoms with Crippen LogP contribution in [0.2, 0.25) is 0 Å². The number of methoxy groups -OCH3 is 3. The molecule has 0 saturated carbocycles. The molecule has 0 N–H and O–H groups in total. The van der Waals surface area contributed by atoms with Crippen LogP contribution in [0.5, 0.6) is 17.2 Å². The zero-order chi connectivity index (χ0) is 20.9. The normalized spacial score (nSPS) is 10.6.